The van der Waals surface area contributed by atoms with E-state index >= 15 is 0 Å². The Labute approximate surface area is 111 Å². The molecule has 0 spiro atoms. The Morgan fingerprint density at radius 2 is 1.42 bits per heavy atom. The first-order valence-electron chi connectivity index (χ1n) is 6.38. The minimum Gasteiger partial charge on any atom is -0.492 e. The molecule has 2 heteroatoms. The topological polar surface area (TPSA) is 26.3 Å². The van der Waals surface area contributed by atoms with Gasteiger partial charge in [0, 0.05) is 5.39 Å². The second-order valence-electron chi connectivity index (χ2n) is 4.38. The normalized spacial score (nSPS) is 10.8. The van der Waals surface area contributed by atoms with Crippen LogP contribution in [0.3, 0.4) is 0 Å². The molecule has 0 fully saturated rings. The lowest BCUT2D eigenvalue weighted by Crippen LogP contribution is -1.98. The summed E-state index contributed by atoms with van der Waals surface area (Å²) >= 11 is 0. The van der Waals surface area contributed by atoms with E-state index < -0.39 is 0 Å². The van der Waals surface area contributed by atoms with Gasteiger partial charge in [-0.2, -0.15) is 0 Å². The average molecular weight is 250 g/mol. The van der Waals surface area contributed by atoms with Crippen molar-refractivity contribution in [2.75, 3.05) is 6.61 Å². The van der Waals surface area contributed by atoms with Gasteiger partial charge in [0.25, 0.3) is 0 Å². The molecule has 0 bridgehead atoms. The molecule has 0 radical (unpaired) electrons. The average Bonchev–Trinajstić information content (AvgIpc) is 2.48. The highest BCUT2D eigenvalue weighted by atomic mass is 16.5. The molecule has 94 valence electrons. The number of carbonyl (C=O) groups excluding carboxylic acids is 1. The predicted octanol–water partition coefficient (Wildman–Crippen LogP) is 4.20. The van der Waals surface area contributed by atoms with E-state index in [0.29, 0.717) is 17.9 Å². The fourth-order valence-corrected chi connectivity index (χ4v) is 2.55. The van der Waals surface area contributed by atoms with Gasteiger partial charge in [0.05, 0.1) is 12.2 Å². The van der Waals surface area contributed by atoms with E-state index in [-0.39, 0.29) is 0 Å². The summed E-state index contributed by atoms with van der Waals surface area (Å²) in [5.74, 6) is 0.687. The summed E-state index contributed by atoms with van der Waals surface area (Å²) < 4.78 is 5.72. The number of benzene rings is 3. The molecule has 0 saturated carbocycles. The fourth-order valence-electron chi connectivity index (χ4n) is 2.55. The number of hydrogen-bond acceptors (Lipinski definition) is 2. The third kappa shape index (κ3) is 1.76. The van der Waals surface area contributed by atoms with Crippen molar-refractivity contribution in [1.82, 2.24) is 0 Å². The van der Waals surface area contributed by atoms with Crippen LogP contribution in [-0.4, -0.2) is 12.9 Å². The Morgan fingerprint density at radius 3 is 2.00 bits per heavy atom. The van der Waals surface area contributed by atoms with Gasteiger partial charge in [-0.05, 0) is 23.1 Å². The molecule has 0 N–H and O–H groups in total. The van der Waals surface area contributed by atoms with Gasteiger partial charge in [0.2, 0.25) is 0 Å². The van der Waals surface area contributed by atoms with Gasteiger partial charge in [-0.1, -0.05) is 48.5 Å². The molecule has 0 saturated heterocycles. The van der Waals surface area contributed by atoms with Crippen molar-refractivity contribution in [3.8, 4) is 5.75 Å². The Bertz CT molecular complexity index is 760. The molecule has 0 amide bonds. The molecule has 3 rings (SSSR count). The monoisotopic (exact) mass is 250 g/mol. The van der Waals surface area contributed by atoms with E-state index in [1.165, 1.54) is 0 Å². The maximum atomic E-state index is 11.5. The molecule has 3 aromatic carbocycles. The van der Waals surface area contributed by atoms with Crippen LogP contribution in [0.4, 0.5) is 0 Å². The van der Waals surface area contributed by atoms with Crippen LogP contribution >= 0.6 is 0 Å². The third-order valence-corrected chi connectivity index (χ3v) is 3.33. The minimum absolute atomic E-state index is 0.545. The summed E-state index contributed by atoms with van der Waals surface area (Å²) in [7, 11) is 0. The molecule has 0 aromatic heterocycles. The second kappa shape index (κ2) is 4.73. The highest BCUT2D eigenvalue weighted by molar-refractivity contribution is 6.17. The molecule has 0 heterocycles. The van der Waals surface area contributed by atoms with Gasteiger partial charge in [-0.15, -0.1) is 0 Å². The van der Waals surface area contributed by atoms with Gasteiger partial charge >= 0.3 is 0 Å². The molecule has 3 aromatic rings. The Hall–Kier alpha value is -2.35. The highest BCUT2D eigenvalue weighted by Crippen LogP contribution is 2.37. The van der Waals surface area contributed by atoms with Crippen LogP contribution in [0, 0.1) is 0 Å². The summed E-state index contributed by atoms with van der Waals surface area (Å²) in [5.41, 5.74) is 0.635. The van der Waals surface area contributed by atoms with E-state index in [4.69, 9.17) is 4.74 Å². The summed E-state index contributed by atoms with van der Waals surface area (Å²) in [6.07, 6.45) is 0.889. The van der Waals surface area contributed by atoms with E-state index in [0.717, 1.165) is 27.8 Å². The largest absolute Gasteiger partial charge is 0.492 e. The molecule has 0 aliphatic carbocycles. The smallest absolute Gasteiger partial charge is 0.154 e. The third-order valence-electron chi connectivity index (χ3n) is 3.33. The van der Waals surface area contributed by atoms with E-state index in [1.807, 2.05) is 49.4 Å². The van der Waals surface area contributed by atoms with Crippen LogP contribution in [0.1, 0.15) is 17.3 Å². The number of hydrogen-bond donors (Lipinski definition) is 0. The number of fused-ring (bicyclic) bond motifs is 3. The van der Waals surface area contributed by atoms with Crippen molar-refractivity contribution in [1.29, 1.82) is 0 Å². The van der Waals surface area contributed by atoms with Gasteiger partial charge in [-0.25, -0.2) is 0 Å². The van der Waals surface area contributed by atoms with Gasteiger partial charge in [-0.3, -0.25) is 4.79 Å². The lowest BCUT2D eigenvalue weighted by Gasteiger charge is -2.14. The summed E-state index contributed by atoms with van der Waals surface area (Å²) in [6.45, 7) is 2.47. The Morgan fingerprint density at radius 1 is 0.895 bits per heavy atom. The van der Waals surface area contributed by atoms with Crippen molar-refractivity contribution in [2.45, 2.75) is 6.92 Å². The standard InChI is InChI=1S/C17H14O2/c1-2-19-17-15-10-6-5-8-13(15)12-7-3-4-9-14(12)16(17)11-18/h3-11H,2H2,1H3. The fraction of sp³-hybridized carbons (Fsp3) is 0.118. The maximum Gasteiger partial charge on any atom is 0.154 e. The van der Waals surface area contributed by atoms with Crippen molar-refractivity contribution in [2.24, 2.45) is 0 Å². The van der Waals surface area contributed by atoms with Crippen molar-refractivity contribution in [3.63, 3.8) is 0 Å². The van der Waals surface area contributed by atoms with Crippen molar-refractivity contribution in [3.05, 3.63) is 54.1 Å². The SMILES string of the molecule is CCOc1c(C=O)c2ccccc2c2ccccc12. The van der Waals surface area contributed by atoms with Gasteiger partial charge in [0.1, 0.15) is 5.75 Å². The van der Waals surface area contributed by atoms with Crippen LogP contribution in [0.2, 0.25) is 0 Å². The number of ether oxygens (including phenoxy) is 1. The first-order valence-corrected chi connectivity index (χ1v) is 6.38. The van der Waals surface area contributed by atoms with Gasteiger partial charge in [0.15, 0.2) is 6.29 Å². The Balaban J connectivity index is 2.57. The quantitative estimate of drug-likeness (QED) is 0.514. The lowest BCUT2D eigenvalue weighted by molar-refractivity contribution is 0.112. The maximum absolute atomic E-state index is 11.5. The van der Waals surface area contributed by atoms with Crippen LogP contribution in [-0.2, 0) is 0 Å². The minimum atomic E-state index is 0.545. The molecule has 0 unspecified atom stereocenters. The van der Waals surface area contributed by atoms with Crippen LogP contribution < -0.4 is 4.74 Å². The number of rotatable bonds is 3. The summed E-state index contributed by atoms with van der Waals surface area (Å²) in [4.78, 5) is 11.5. The highest BCUT2D eigenvalue weighted by Gasteiger charge is 2.13. The Kier molecular flexibility index (Phi) is 2.92. The molecule has 2 nitrogen and oxygen atoms in total. The number of carbonyl (C=O) groups is 1. The predicted molar refractivity (Wildman–Crippen MR) is 78.0 cm³/mol. The molecular weight excluding hydrogens is 236 g/mol. The van der Waals surface area contributed by atoms with Crippen LogP contribution in [0.25, 0.3) is 21.5 Å². The number of aldehydes is 1. The van der Waals surface area contributed by atoms with Crippen LogP contribution in [0.5, 0.6) is 5.75 Å². The van der Waals surface area contributed by atoms with E-state index in [1.54, 1.807) is 0 Å². The summed E-state index contributed by atoms with van der Waals surface area (Å²) in [6, 6.07) is 16.0. The first kappa shape index (κ1) is 11.7. The van der Waals surface area contributed by atoms with Gasteiger partial charge < -0.3 is 4.74 Å². The first-order chi connectivity index (χ1) is 9.36. The zero-order chi connectivity index (χ0) is 13.2. The van der Waals surface area contributed by atoms with Crippen molar-refractivity contribution >= 4 is 27.8 Å². The van der Waals surface area contributed by atoms with Crippen LogP contribution in [0.15, 0.2) is 48.5 Å². The molecule has 19 heavy (non-hydrogen) atoms. The van der Waals surface area contributed by atoms with Crippen molar-refractivity contribution < 1.29 is 9.53 Å². The molecule has 0 aliphatic heterocycles. The van der Waals surface area contributed by atoms with E-state index in [9.17, 15) is 4.79 Å². The zero-order valence-electron chi connectivity index (χ0n) is 10.7. The molecule has 0 atom stereocenters. The molecular formula is C17H14O2. The zero-order valence-corrected chi connectivity index (χ0v) is 10.7. The molecule has 0 aliphatic rings. The van der Waals surface area contributed by atoms with E-state index in [2.05, 4.69) is 6.07 Å². The lowest BCUT2D eigenvalue weighted by atomic mass is 9.96. The second-order valence-corrected chi connectivity index (χ2v) is 4.38. The summed E-state index contributed by atoms with van der Waals surface area (Å²) in [5, 5.41) is 4.14.